The van der Waals surface area contributed by atoms with Crippen LogP contribution in [-0.4, -0.2) is 31.8 Å². The largest absolute Gasteiger partial charge is 0.378 e. The van der Waals surface area contributed by atoms with E-state index in [9.17, 15) is 0 Å². The molecule has 0 radical (unpaired) electrons. The molecule has 0 aromatic carbocycles. The Labute approximate surface area is 61.9 Å². The summed E-state index contributed by atoms with van der Waals surface area (Å²) >= 11 is 0. The molecule has 2 unspecified atom stereocenters. The van der Waals surface area contributed by atoms with Gasteiger partial charge in [0.2, 0.25) is 0 Å². The number of nitrogens with one attached hydrogen (secondary N) is 1. The SMILES string of the molecule is CCC(N)C1COCCN1. The second kappa shape index (κ2) is 3.91. The maximum atomic E-state index is 5.81. The summed E-state index contributed by atoms with van der Waals surface area (Å²) < 4.78 is 5.26. The van der Waals surface area contributed by atoms with Gasteiger partial charge in [0.05, 0.1) is 13.2 Å². The standard InChI is InChI=1S/C7H16N2O/c1-2-6(8)7-5-10-4-3-9-7/h6-7,9H,2-5,8H2,1H3. The number of hydrogen-bond acceptors (Lipinski definition) is 3. The number of hydrogen-bond donors (Lipinski definition) is 2. The number of rotatable bonds is 2. The molecule has 0 amide bonds. The summed E-state index contributed by atoms with van der Waals surface area (Å²) in [6, 6.07) is 0.624. The highest BCUT2D eigenvalue weighted by Gasteiger charge is 2.18. The first-order valence-corrected chi connectivity index (χ1v) is 3.91. The van der Waals surface area contributed by atoms with E-state index in [1.807, 2.05) is 0 Å². The normalized spacial score (nSPS) is 30.0. The van der Waals surface area contributed by atoms with Crippen LogP contribution in [0.2, 0.25) is 0 Å². The molecule has 60 valence electrons. The van der Waals surface area contributed by atoms with E-state index in [1.54, 1.807) is 0 Å². The molecule has 3 N–H and O–H groups in total. The van der Waals surface area contributed by atoms with Crippen LogP contribution in [0, 0.1) is 0 Å². The average molecular weight is 144 g/mol. The van der Waals surface area contributed by atoms with Gasteiger partial charge in [-0.3, -0.25) is 0 Å². The summed E-state index contributed by atoms with van der Waals surface area (Å²) in [5.41, 5.74) is 5.81. The third kappa shape index (κ3) is 1.94. The lowest BCUT2D eigenvalue weighted by atomic mass is 10.1. The molecule has 10 heavy (non-hydrogen) atoms. The zero-order valence-electron chi connectivity index (χ0n) is 6.47. The van der Waals surface area contributed by atoms with Gasteiger partial charge in [-0.2, -0.15) is 0 Å². The minimum atomic E-state index is 0.250. The topological polar surface area (TPSA) is 47.3 Å². The molecule has 1 saturated heterocycles. The maximum Gasteiger partial charge on any atom is 0.0635 e. The predicted molar refractivity (Wildman–Crippen MR) is 40.9 cm³/mol. The third-order valence-corrected chi connectivity index (χ3v) is 1.94. The molecule has 0 bridgehead atoms. The Morgan fingerprint density at radius 2 is 2.60 bits per heavy atom. The van der Waals surface area contributed by atoms with Gasteiger partial charge >= 0.3 is 0 Å². The first-order chi connectivity index (χ1) is 4.84. The van der Waals surface area contributed by atoms with Crippen LogP contribution in [-0.2, 0) is 4.74 Å². The zero-order chi connectivity index (χ0) is 7.40. The second-order valence-electron chi connectivity index (χ2n) is 2.71. The van der Waals surface area contributed by atoms with E-state index in [0.717, 1.165) is 26.2 Å². The van der Waals surface area contributed by atoms with Crippen LogP contribution in [0.15, 0.2) is 0 Å². The van der Waals surface area contributed by atoms with Crippen LogP contribution >= 0.6 is 0 Å². The Hall–Kier alpha value is -0.120. The molecular formula is C7H16N2O. The lowest BCUT2D eigenvalue weighted by Crippen LogP contribution is -2.51. The van der Waals surface area contributed by atoms with Gasteiger partial charge in [0, 0.05) is 18.6 Å². The summed E-state index contributed by atoms with van der Waals surface area (Å²) in [4.78, 5) is 0. The van der Waals surface area contributed by atoms with Crippen LogP contribution in [0.5, 0.6) is 0 Å². The fourth-order valence-electron chi connectivity index (χ4n) is 1.15. The van der Waals surface area contributed by atoms with Crippen LogP contribution in [0.25, 0.3) is 0 Å². The Balaban J connectivity index is 2.24. The number of ether oxygens (including phenoxy) is 1. The smallest absolute Gasteiger partial charge is 0.0635 e. The van der Waals surface area contributed by atoms with Crippen LogP contribution in [0.4, 0.5) is 0 Å². The van der Waals surface area contributed by atoms with Gasteiger partial charge in [0.1, 0.15) is 0 Å². The van der Waals surface area contributed by atoms with E-state index in [-0.39, 0.29) is 6.04 Å². The zero-order valence-corrected chi connectivity index (χ0v) is 6.47. The maximum absolute atomic E-state index is 5.81. The van der Waals surface area contributed by atoms with Gasteiger partial charge in [-0.1, -0.05) is 6.92 Å². The van der Waals surface area contributed by atoms with Crippen LogP contribution in [0.3, 0.4) is 0 Å². The molecule has 0 aliphatic carbocycles. The van der Waals surface area contributed by atoms with Crippen molar-refractivity contribution in [1.82, 2.24) is 5.32 Å². The molecule has 0 aromatic heterocycles. The molecular weight excluding hydrogens is 128 g/mol. The summed E-state index contributed by atoms with van der Waals surface area (Å²) in [6.45, 7) is 4.64. The molecule has 3 nitrogen and oxygen atoms in total. The summed E-state index contributed by atoms with van der Waals surface area (Å²) in [5, 5.41) is 3.32. The van der Waals surface area contributed by atoms with Crippen molar-refractivity contribution in [2.45, 2.75) is 25.4 Å². The van der Waals surface area contributed by atoms with Crippen molar-refractivity contribution in [2.24, 2.45) is 5.73 Å². The van der Waals surface area contributed by atoms with Crippen molar-refractivity contribution in [1.29, 1.82) is 0 Å². The molecule has 0 spiro atoms. The van der Waals surface area contributed by atoms with Crippen LogP contribution < -0.4 is 11.1 Å². The van der Waals surface area contributed by atoms with Crippen molar-refractivity contribution in [3.05, 3.63) is 0 Å². The van der Waals surface area contributed by atoms with Crippen molar-refractivity contribution >= 4 is 0 Å². The minimum absolute atomic E-state index is 0.250. The quantitative estimate of drug-likeness (QED) is 0.560. The third-order valence-electron chi connectivity index (χ3n) is 1.94. The molecule has 3 heteroatoms. The molecule has 1 aliphatic rings. The molecule has 0 aromatic rings. The first kappa shape index (κ1) is 7.98. The summed E-state index contributed by atoms with van der Waals surface area (Å²) in [5.74, 6) is 0. The monoisotopic (exact) mass is 144 g/mol. The van der Waals surface area contributed by atoms with E-state index in [0.29, 0.717) is 6.04 Å². The highest BCUT2D eigenvalue weighted by molar-refractivity contribution is 4.79. The van der Waals surface area contributed by atoms with Gasteiger partial charge < -0.3 is 15.8 Å². The molecule has 1 fully saturated rings. The highest BCUT2D eigenvalue weighted by Crippen LogP contribution is 1.99. The molecule has 0 saturated carbocycles. The number of morpholine rings is 1. The molecule has 1 heterocycles. The van der Waals surface area contributed by atoms with Crippen LogP contribution in [0.1, 0.15) is 13.3 Å². The first-order valence-electron chi connectivity index (χ1n) is 3.91. The van der Waals surface area contributed by atoms with E-state index in [4.69, 9.17) is 10.5 Å². The van der Waals surface area contributed by atoms with Gasteiger partial charge in [-0.15, -0.1) is 0 Å². The average Bonchev–Trinajstić information content (AvgIpc) is 2.05. The Morgan fingerprint density at radius 1 is 1.80 bits per heavy atom. The highest BCUT2D eigenvalue weighted by atomic mass is 16.5. The van der Waals surface area contributed by atoms with Gasteiger partial charge in [0.25, 0.3) is 0 Å². The minimum Gasteiger partial charge on any atom is -0.378 e. The molecule has 1 rings (SSSR count). The van der Waals surface area contributed by atoms with Gasteiger partial charge in [-0.25, -0.2) is 0 Å². The van der Waals surface area contributed by atoms with Crippen molar-refractivity contribution < 1.29 is 4.74 Å². The Bertz CT molecular complexity index is 91.6. The fraction of sp³-hybridized carbons (Fsp3) is 1.00. The fourth-order valence-corrected chi connectivity index (χ4v) is 1.15. The van der Waals surface area contributed by atoms with E-state index in [2.05, 4.69) is 12.2 Å². The van der Waals surface area contributed by atoms with E-state index >= 15 is 0 Å². The van der Waals surface area contributed by atoms with Gasteiger partial charge in [-0.05, 0) is 6.42 Å². The lowest BCUT2D eigenvalue weighted by molar-refractivity contribution is 0.0681. The Kier molecular flexibility index (Phi) is 3.12. The molecule has 2 atom stereocenters. The summed E-state index contributed by atoms with van der Waals surface area (Å²) in [7, 11) is 0. The van der Waals surface area contributed by atoms with E-state index in [1.165, 1.54) is 0 Å². The van der Waals surface area contributed by atoms with Crippen molar-refractivity contribution in [2.75, 3.05) is 19.8 Å². The van der Waals surface area contributed by atoms with E-state index < -0.39 is 0 Å². The molecule has 1 aliphatic heterocycles. The Morgan fingerprint density at radius 3 is 3.10 bits per heavy atom. The van der Waals surface area contributed by atoms with Crippen molar-refractivity contribution in [3.8, 4) is 0 Å². The number of nitrogens with two attached hydrogens (primary N) is 1. The second-order valence-corrected chi connectivity index (χ2v) is 2.71. The lowest BCUT2D eigenvalue weighted by Gasteiger charge is -2.28. The predicted octanol–water partition coefficient (Wildman–Crippen LogP) is -0.288. The van der Waals surface area contributed by atoms with Gasteiger partial charge in [0.15, 0.2) is 0 Å². The summed E-state index contributed by atoms with van der Waals surface area (Å²) in [6.07, 6.45) is 1.01. The van der Waals surface area contributed by atoms with Crippen molar-refractivity contribution in [3.63, 3.8) is 0 Å².